The van der Waals surface area contributed by atoms with Crippen molar-refractivity contribution in [2.75, 3.05) is 0 Å². The first-order chi connectivity index (χ1) is 12.4. The van der Waals surface area contributed by atoms with Crippen LogP contribution in [0.15, 0.2) is 18.2 Å². The molecule has 1 atom stereocenters. The fraction of sp³-hybridized carbons (Fsp3) is 0.385. The molecule has 0 saturated heterocycles. The largest absolute Gasteiger partial charge is 0.476 e. The maximum atomic E-state index is 13.7. The van der Waals surface area contributed by atoms with E-state index in [0.717, 1.165) is 6.07 Å². The van der Waals surface area contributed by atoms with Gasteiger partial charge in [0.2, 0.25) is 0 Å². The predicted molar refractivity (Wildman–Crippen MR) is 69.5 cm³/mol. The smallest absolute Gasteiger partial charge is 0.426 e. The van der Waals surface area contributed by atoms with Crippen molar-refractivity contribution in [2.45, 2.75) is 29.6 Å². The highest BCUT2D eigenvalue weighted by Crippen LogP contribution is 2.52. The Labute approximate surface area is 152 Å². The van der Waals surface area contributed by atoms with E-state index >= 15 is 0 Å². The zero-order valence-electron chi connectivity index (χ0n) is 12.7. The molecular formula is C13H5ClF10O4. The predicted octanol–water partition coefficient (Wildman–Crippen LogP) is 4.95. The second kappa shape index (κ2) is 7.39. The first-order valence-corrected chi connectivity index (χ1v) is 6.81. The normalized spacial score (nSPS) is 15.7. The van der Waals surface area contributed by atoms with Crippen molar-refractivity contribution in [2.24, 2.45) is 0 Å². The first-order valence-electron chi connectivity index (χ1n) is 6.43. The second-order valence-electron chi connectivity index (χ2n) is 4.86. The Hall–Kier alpha value is -2.09. The van der Waals surface area contributed by atoms with Gasteiger partial charge in [-0.15, -0.1) is 0 Å². The molecular weight excluding hydrogens is 446 g/mol. The molecule has 158 valence electrons. The van der Waals surface area contributed by atoms with Gasteiger partial charge in [0, 0.05) is 5.56 Å². The fourth-order valence-electron chi connectivity index (χ4n) is 1.46. The highest BCUT2D eigenvalue weighted by Gasteiger charge is 2.78. The minimum absolute atomic E-state index is 0.0253. The Bertz CT molecular complexity index is 747. The molecule has 0 saturated carbocycles. The Morgan fingerprint density at radius 3 is 1.79 bits per heavy atom. The number of halogens is 11. The monoisotopic (exact) mass is 450 g/mol. The van der Waals surface area contributed by atoms with E-state index in [2.05, 4.69) is 21.1 Å². The van der Waals surface area contributed by atoms with Crippen molar-refractivity contribution in [3.05, 3.63) is 29.3 Å². The van der Waals surface area contributed by atoms with Gasteiger partial charge < -0.3 is 4.74 Å². The third-order valence-electron chi connectivity index (χ3n) is 2.86. The molecule has 0 radical (unpaired) electrons. The molecule has 0 aliphatic rings. The lowest BCUT2D eigenvalue weighted by Gasteiger charge is -2.34. The number of aldehydes is 2. The van der Waals surface area contributed by atoms with Crippen molar-refractivity contribution >= 4 is 24.2 Å². The zero-order valence-corrected chi connectivity index (χ0v) is 13.4. The Morgan fingerprint density at radius 1 is 0.821 bits per heavy atom. The van der Waals surface area contributed by atoms with Gasteiger partial charge in [-0.2, -0.15) is 43.9 Å². The molecule has 0 bridgehead atoms. The number of hydrogen-bond donors (Lipinski definition) is 0. The molecule has 0 amide bonds. The SMILES string of the molecule is O=Cc1ccc(C=O)c(OC(F)(F)C(F)(Cl)OC(F)(F)C(F)(F)C(F)(F)F)c1. The number of benzene rings is 1. The van der Waals surface area contributed by atoms with E-state index in [1.807, 2.05) is 0 Å². The molecule has 1 rings (SSSR count). The summed E-state index contributed by atoms with van der Waals surface area (Å²) < 4.78 is 134. The average Bonchev–Trinajstić information content (AvgIpc) is 2.52. The summed E-state index contributed by atoms with van der Waals surface area (Å²) in [5, 5.41) is -5.78. The third-order valence-corrected chi connectivity index (χ3v) is 3.15. The molecule has 0 spiro atoms. The van der Waals surface area contributed by atoms with E-state index in [1.165, 1.54) is 0 Å². The summed E-state index contributed by atoms with van der Waals surface area (Å²) in [7, 11) is 0. The summed E-state index contributed by atoms with van der Waals surface area (Å²) in [6, 6.07) is 1.95. The van der Waals surface area contributed by atoms with Gasteiger partial charge in [0.1, 0.15) is 12.0 Å². The maximum Gasteiger partial charge on any atom is 0.476 e. The number of ether oxygens (including phenoxy) is 2. The van der Waals surface area contributed by atoms with E-state index < -0.39 is 46.5 Å². The summed E-state index contributed by atoms with van der Waals surface area (Å²) in [5.41, 5.74) is -1.27. The van der Waals surface area contributed by atoms with Crippen LogP contribution < -0.4 is 4.74 Å². The molecule has 1 unspecified atom stereocenters. The van der Waals surface area contributed by atoms with Crippen molar-refractivity contribution in [3.63, 3.8) is 0 Å². The van der Waals surface area contributed by atoms with Crippen LogP contribution in [0, 0.1) is 0 Å². The Kier molecular flexibility index (Phi) is 6.32. The second-order valence-corrected chi connectivity index (χ2v) is 5.35. The molecule has 4 nitrogen and oxygen atoms in total. The highest BCUT2D eigenvalue weighted by molar-refractivity contribution is 6.22. The van der Waals surface area contributed by atoms with E-state index in [4.69, 9.17) is 0 Å². The molecule has 0 aliphatic heterocycles. The Morgan fingerprint density at radius 2 is 1.36 bits per heavy atom. The highest BCUT2D eigenvalue weighted by atomic mass is 35.5. The molecule has 15 heteroatoms. The number of hydrogen-bond acceptors (Lipinski definition) is 4. The van der Waals surface area contributed by atoms with Crippen LogP contribution in [-0.2, 0) is 4.74 Å². The van der Waals surface area contributed by atoms with Gasteiger partial charge in [-0.3, -0.25) is 14.3 Å². The summed E-state index contributed by atoms with van der Waals surface area (Å²) in [4.78, 5) is 21.3. The van der Waals surface area contributed by atoms with Crippen LogP contribution in [0.3, 0.4) is 0 Å². The zero-order chi connectivity index (χ0) is 22.2. The lowest BCUT2D eigenvalue weighted by molar-refractivity contribution is -0.469. The van der Waals surface area contributed by atoms with Crippen LogP contribution in [0.25, 0.3) is 0 Å². The van der Waals surface area contributed by atoms with Crippen LogP contribution >= 0.6 is 11.6 Å². The molecule has 28 heavy (non-hydrogen) atoms. The summed E-state index contributed by atoms with van der Waals surface area (Å²) >= 11 is 4.29. The average molecular weight is 451 g/mol. The summed E-state index contributed by atoms with van der Waals surface area (Å²) in [6.45, 7) is 0. The molecule has 0 N–H and O–H groups in total. The fourth-order valence-corrected chi connectivity index (χ4v) is 1.59. The van der Waals surface area contributed by atoms with Gasteiger partial charge in [0.05, 0.1) is 5.56 Å². The molecule has 0 fully saturated rings. The molecule has 0 heterocycles. The topological polar surface area (TPSA) is 52.6 Å². The van der Waals surface area contributed by atoms with Gasteiger partial charge in [0.15, 0.2) is 6.29 Å². The van der Waals surface area contributed by atoms with E-state index in [0.29, 0.717) is 12.1 Å². The molecule has 1 aromatic carbocycles. The number of rotatable bonds is 8. The van der Waals surface area contributed by atoms with Gasteiger partial charge >= 0.3 is 29.6 Å². The van der Waals surface area contributed by atoms with Crippen molar-refractivity contribution in [3.8, 4) is 5.75 Å². The Balaban J connectivity index is 3.26. The van der Waals surface area contributed by atoms with Crippen LogP contribution in [0.2, 0.25) is 0 Å². The maximum absolute atomic E-state index is 13.7. The van der Waals surface area contributed by atoms with Crippen molar-refractivity contribution < 1.29 is 63.0 Å². The van der Waals surface area contributed by atoms with E-state index in [9.17, 15) is 53.5 Å². The lowest BCUT2D eigenvalue weighted by Crippen LogP contribution is -2.59. The van der Waals surface area contributed by atoms with Gasteiger partial charge in [-0.1, -0.05) is 6.07 Å². The number of carbonyl (C=O) groups excluding carboxylic acids is 2. The quantitative estimate of drug-likeness (QED) is 0.319. The van der Waals surface area contributed by atoms with Crippen molar-refractivity contribution in [1.29, 1.82) is 0 Å². The van der Waals surface area contributed by atoms with Crippen LogP contribution in [0.1, 0.15) is 20.7 Å². The molecule has 0 aliphatic carbocycles. The minimum atomic E-state index is -7.12. The summed E-state index contributed by atoms with van der Waals surface area (Å²) in [6.07, 6.45) is -19.9. The van der Waals surface area contributed by atoms with E-state index in [1.54, 1.807) is 0 Å². The van der Waals surface area contributed by atoms with Gasteiger partial charge in [-0.25, -0.2) is 0 Å². The van der Waals surface area contributed by atoms with Crippen LogP contribution in [-0.4, -0.2) is 42.2 Å². The number of alkyl halides is 11. The van der Waals surface area contributed by atoms with E-state index in [-0.39, 0.29) is 12.6 Å². The third kappa shape index (κ3) is 4.48. The standard InChI is InChI=1S/C13H5ClF10O4/c14-10(17,28-12(21,22)9(15,16)11(18,19)20)13(23,24)27-8-3-6(4-25)1-2-7(8)5-26/h1-5H. The first kappa shape index (κ1) is 23.9. The van der Waals surface area contributed by atoms with Crippen LogP contribution in [0.5, 0.6) is 5.75 Å². The van der Waals surface area contributed by atoms with Crippen LogP contribution in [0.4, 0.5) is 43.9 Å². The lowest BCUT2D eigenvalue weighted by atomic mass is 10.1. The molecule has 1 aromatic rings. The van der Waals surface area contributed by atoms with Crippen molar-refractivity contribution in [1.82, 2.24) is 0 Å². The minimum Gasteiger partial charge on any atom is -0.426 e. The number of carbonyl (C=O) groups is 2. The van der Waals surface area contributed by atoms with Gasteiger partial charge in [-0.05, 0) is 23.7 Å². The van der Waals surface area contributed by atoms with Gasteiger partial charge in [0.25, 0.3) is 0 Å². The summed E-state index contributed by atoms with van der Waals surface area (Å²) in [5.74, 6) is -8.46. The molecule has 0 aromatic heterocycles.